The topological polar surface area (TPSA) is 77.8 Å². The third-order valence-corrected chi connectivity index (χ3v) is 3.48. The molecule has 0 bridgehead atoms. The molecule has 0 radical (unpaired) electrons. The number of phenols is 2. The molecule has 0 aliphatic rings. The number of aryl methyl sites for hydroxylation is 1. The van der Waals surface area contributed by atoms with Gasteiger partial charge in [-0.05, 0) is 47.9 Å². The number of carbonyl (C=O) groups is 1. The Morgan fingerprint density at radius 2 is 1.43 bits per heavy atom. The van der Waals surface area contributed by atoms with Gasteiger partial charge in [-0.25, -0.2) is 0 Å². The first-order valence-electron chi connectivity index (χ1n) is 7.48. The van der Waals surface area contributed by atoms with Gasteiger partial charge in [-0.3, -0.25) is 4.79 Å². The van der Waals surface area contributed by atoms with Crippen molar-refractivity contribution in [2.24, 2.45) is 0 Å². The van der Waals surface area contributed by atoms with Gasteiger partial charge in [-0.15, -0.1) is 0 Å². The molecule has 4 heteroatoms. The number of hydrogen-bond donors (Lipinski definition) is 3. The van der Waals surface area contributed by atoms with Crippen molar-refractivity contribution in [3.63, 3.8) is 0 Å². The minimum Gasteiger partial charge on any atom is -0.508 e. The molecule has 0 heterocycles. The molecule has 0 saturated heterocycles. The Morgan fingerprint density at radius 3 is 2.00 bits per heavy atom. The predicted octanol–water partition coefficient (Wildman–Crippen LogP) is 2.76. The van der Waals surface area contributed by atoms with E-state index in [0.717, 1.165) is 11.1 Å². The normalized spacial score (nSPS) is 12.4. The Hall–Kier alpha value is -2.59. The number of aliphatic hydroxyl groups excluding tert-OH is 1. The van der Waals surface area contributed by atoms with Gasteiger partial charge in [0.25, 0.3) is 0 Å². The van der Waals surface area contributed by atoms with Crippen LogP contribution in [-0.4, -0.2) is 27.2 Å². The van der Waals surface area contributed by atoms with E-state index in [-0.39, 0.29) is 17.3 Å². The molecule has 120 valence electrons. The molecule has 2 rings (SSSR count). The fraction of sp³-hybridized carbons (Fsp3) is 0.211. The lowest BCUT2D eigenvalue weighted by Gasteiger charge is -2.05. The molecular weight excluding hydrogens is 292 g/mol. The highest BCUT2D eigenvalue weighted by Crippen LogP contribution is 2.13. The van der Waals surface area contributed by atoms with Crippen molar-refractivity contribution < 1.29 is 20.1 Å². The zero-order valence-electron chi connectivity index (χ0n) is 12.7. The van der Waals surface area contributed by atoms with Crippen molar-refractivity contribution in [3.8, 4) is 11.5 Å². The fourth-order valence-corrected chi connectivity index (χ4v) is 2.17. The summed E-state index contributed by atoms with van der Waals surface area (Å²) in [7, 11) is 0. The molecule has 0 saturated carbocycles. The fourth-order valence-electron chi connectivity index (χ4n) is 2.17. The first-order chi connectivity index (χ1) is 11.0. The molecule has 0 spiro atoms. The molecule has 0 amide bonds. The Balaban J connectivity index is 1.78. The molecule has 0 unspecified atom stereocenters. The average Bonchev–Trinajstić information content (AvgIpc) is 2.54. The Bertz CT molecular complexity index is 657. The Labute approximate surface area is 135 Å². The molecule has 4 nitrogen and oxygen atoms in total. The molecule has 0 aliphatic carbocycles. The minimum atomic E-state index is -0.739. The van der Waals surface area contributed by atoms with Gasteiger partial charge in [-0.2, -0.15) is 0 Å². The van der Waals surface area contributed by atoms with E-state index >= 15 is 0 Å². The Kier molecular flexibility index (Phi) is 5.94. The average molecular weight is 312 g/mol. The van der Waals surface area contributed by atoms with Crippen LogP contribution in [-0.2, 0) is 17.6 Å². The molecular formula is C19H20O4. The highest BCUT2D eigenvalue weighted by molar-refractivity contribution is 5.89. The number of aromatic hydroxyl groups is 2. The SMILES string of the molecule is O=C(C=C[C@@H](O)Cc1ccc(O)cc1)CCc1ccc(O)cc1. The summed E-state index contributed by atoms with van der Waals surface area (Å²) in [5, 5.41) is 28.3. The van der Waals surface area contributed by atoms with Crippen molar-refractivity contribution in [3.05, 3.63) is 71.8 Å². The third-order valence-electron chi connectivity index (χ3n) is 3.48. The molecule has 2 aromatic rings. The molecule has 3 N–H and O–H groups in total. The molecule has 0 aromatic heterocycles. The van der Waals surface area contributed by atoms with Crippen molar-refractivity contribution in [2.75, 3.05) is 0 Å². The van der Waals surface area contributed by atoms with Crippen LogP contribution < -0.4 is 0 Å². The maximum absolute atomic E-state index is 11.8. The van der Waals surface area contributed by atoms with Crippen molar-refractivity contribution in [2.45, 2.75) is 25.4 Å². The summed E-state index contributed by atoms with van der Waals surface area (Å²) in [5.41, 5.74) is 1.87. The van der Waals surface area contributed by atoms with Crippen molar-refractivity contribution in [1.29, 1.82) is 0 Å². The summed E-state index contributed by atoms with van der Waals surface area (Å²) >= 11 is 0. The van der Waals surface area contributed by atoms with Gasteiger partial charge in [0.2, 0.25) is 0 Å². The van der Waals surface area contributed by atoms with Crippen LogP contribution in [0.2, 0.25) is 0 Å². The number of rotatable bonds is 7. The van der Waals surface area contributed by atoms with Crippen LogP contribution in [0, 0.1) is 0 Å². The molecule has 1 atom stereocenters. The molecule has 23 heavy (non-hydrogen) atoms. The van der Waals surface area contributed by atoms with Gasteiger partial charge in [0.1, 0.15) is 11.5 Å². The summed E-state index contributed by atoms with van der Waals surface area (Å²) in [6, 6.07) is 13.4. The standard InChI is InChI=1S/C19H20O4/c20-16-6-1-14(2-7-16)3-8-18(22)11-12-19(23)13-15-4-9-17(21)10-5-15/h1-2,4-7,9-12,19-21,23H,3,8,13H2/t19-/m1/s1. The van der Waals surface area contributed by atoms with E-state index in [2.05, 4.69) is 0 Å². The lowest BCUT2D eigenvalue weighted by Crippen LogP contribution is -2.07. The van der Waals surface area contributed by atoms with Crippen LogP contribution in [0.3, 0.4) is 0 Å². The quantitative estimate of drug-likeness (QED) is 0.687. The summed E-state index contributed by atoms with van der Waals surface area (Å²) in [4.78, 5) is 11.8. The minimum absolute atomic E-state index is 0.0529. The van der Waals surface area contributed by atoms with Crippen LogP contribution in [0.15, 0.2) is 60.7 Å². The van der Waals surface area contributed by atoms with E-state index in [1.165, 1.54) is 12.2 Å². The molecule has 2 aromatic carbocycles. The first-order valence-corrected chi connectivity index (χ1v) is 7.48. The van der Waals surface area contributed by atoms with Crippen LogP contribution in [0.1, 0.15) is 17.5 Å². The van der Waals surface area contributed by atoms with Crippen LogP contribution in [0.5, 0.6) is 11.5 Å². The van der Waals surface area contributed by atoms with Crippen molar-refractivity contribution in [1.82, 2.24) is 0 Å². The largest absolute Gasteiger partial charge is 0.508 e. The third kappa shape index (κ3) is 5.96. The lowest BCUT2D eigenvalue weighted by molar-refractivity contribution is -0.114. The number of aliphatic hydroxyl groups is 1. The maximum atomic E-state index is 11.8. The van der Waals surface area contributed by atoms with Gasteiger partial charge < -0.3 is 15.3 Å². The zero-order valence-corrected chi connectivity index (χ0v) is 12.7. The summed E-state index contributed by atoms with van der Waals surface area (Å²) < 4.78 is 0. The maximum Gasteiger partial charge on any atom is 0.155 e. The second kappa shape index (κ2) is 8.15. The van der Waals surface area contributed by atoms with E-state index in [1.807, 2.05) is 0 Å². The number of benzene rings is 2. The van der Waals surface area contributed by atoms with E-state index in [4.69, 9.17) is 0 Å². The molecule has 0 aliphatic heterocycles. The number of carbonyl (C=O) groups excluding carboxylic acids is 1. The van der Waals surface area contributed by atoms with Gasteiger partial charge >= 0.3 is 0 Å². The smallest absolute Gasteiger partial charge is 0.155 e. The van der Waals surface area contributed by atoms with Gasteiger partial charge in [0.05, 0.1) is 6.10 Å². The predicted molar refractivity (Wildman–Crippen MR) is 88.4 cm³/mol. The number of phenolic OH excluding ortho intramolecular Hbond substituents is 2. The summed E-state index contributed by atoms with van der Waals surface area (Å²) in [6.07, 6.45) is 3.50. The summed E-state index contributed by atoms with van der Waals surface area (Å²) in [6.45, 7) is 0. The number of hydrogen-bond acceptors (Lipinski definition) is 4. The Morgan fingerprint density at radius 1 is 0.913 bits per heavy atom. The molecule has 0 fully saturated rings. The van der Waals surface area contributed by atoms with Gasteiger partial charge in [0.15, 0.2) is 5.78 Å². The van der Waals surface area contributed by atoms with E-state index < -0.39 is 6.10 Å². The van der Waals surface area contributed by atoms with Gasteiger partial charge in [0, 0.05) is 12.8 Å². The van der Waals surface area contributed by atoms with Crippen LogP contribution >= 0.6 is 0 Å². The second-order valence-electron chi connectivity index (χ2n) is 5.43. The van der Waals surface area contributed by atoms with Crippen LogP contribution in [0.4, 0.5) is 0 Å². The second-order valence-corrected chi connectivity index (χ2v) is 5.43. The number of allylic oxidation sites excluding steroid dienone is 1. The zero-order chi connectivity index (χ0) is 16.7. The van der Waals surface area contributed by atoms with Crippen LogP contribution in [0.25, 0.3) is 0 Å². The van der Waals surface area contributed by atoms with E-state index in [1.54, 1.807) is 48.5 Å². The number of ketones is 1. The first kappa shape index (κ1) is 16.8. The summed E-state index contributed by atoms with van der Waals surface area (Å²) in [5.74, 6) is 0.336. The highest BCUT2D eigenvalue weighted by atomic mass is 16.3. The van der Waals surface area contributed by atoms with Gasteiger partial charge in [-0.1, -0.05) is 30.3 Å². The monoisotopic (exact) mass is 312 g/mol. The van der Waals surface area contributed by atoms with E-state index in [0.29, 0.717) is 19.3 Å². The van der Waals surface area contributed by atoms with E-state index in [9.17, 15) is 20.1 Å². The lowest BCUT2D eigenvalue weighted by atomic mass is 10.0. The highest BCUT2D eigenvalue weighted by Gasteiger charge is 2.04. The van der Waals surface area contributed by atoms with Crippen molar-refractivity contribution >= 4 is 5.78 Å².